The molecule has 1 aromatic carbocycles. The highest BCUT2D eigenvalue weighted by Gasteiger charge is 2.28. The normalized spacial score (nSPS) is 18.8. The van der Waals surface area contributed by atoms with Crippen molar-refractivity contribution in [1.82, 2.24) is 9.97 Å². The van der Waals surface area contributed by atoms with E-state index in [0.29, 0.717) is 0 Å². The summed E-state index contributed by atoms with van der Waals surface area (Å²) < 4.78 is 5.98. The summed E-state index contributed by atoms with van der Waals surface area (Å²) in [5, 5.41) is 4.76. The van der Waals surface area contributed by atoms with Crippen LogP contribution in [-0.4, -0.2) is 22.7 Å². The average Bonchev–Trinajstić information content (AvgIpc) is 3.30. The van der Waals surface area contributed by atoms with Gasteiger partial charge in [0.2, 0.25) is 0 Å². The van der Waals surface area contributed by atoms with Crippen molar-refractivity contribution in [3.05, 3.63) is 53.2 Å². The number of nitrogens with zero attached hydrogens (tertiary/aromatic N) is 2. The summed E-state index contributed by atoms with van der Waals surface area (Å²) >= 11 is 1.74. The number of aromatic nitrogens is 2. The van der Waals surface area contributed by atoms with E-state index in [9.17, 15) is 0 Å². The van der Waals surface area contributed by atoms with Gasteiger partial charge in [0, 0.05) is 11.5 Å². The van der Waals surface area contributed by atoms with Gasteiger partial charge in [-0.15, -0.1) is 11.3 Å². The van der Waals surface area contributed by atoms with Crippen LogP contribution in [0, 0.1) is 0 Å². The molecule has 24 heavy (non-hydrogen) atoms. The molecule has 2 aromatic heterocycles. The van der Waals surface area contributed by atoms with Crippen molar-refractivity contribution in [2.45, 2.75) is 38.3 Å². The number of rotatable bonds is 5. The summed E-state index contributed by atoms with van der Waals surface area (Å²) in [4.78, 5) is 11.3. The first-order valence-corrected chi connectivity index (χ1v) is 9.33. The Bertz CT molecular complexity index is 812. The molecule has 1 aliphatic heterocycles. The molecule has 3 heterocycles. The van der Waals surface area contributed by atoms with E-state index < -0.39 is 0 Å². The number of anilines is 1. The van der Waals surface area contributed by atoms with Crippen LogP contribution in [0.15, 0.2) is 42.7 Å². The third-order valence-corrected chi connectivity index (χ3v) is 5.70. The molecule has 1 fully saturated rings. The van der Waals surface area contributed by atoms with Crippen molar-refractivity contribution in [3.8, 4) is 0 Å². The van der Waals surface area contributed by atoms with Crippen molar-refractivity contribution in [3.63, 3.8) is 0 Å². The Morgan fingerprint density at radius 1 is 1.29 bits per heavy atom. The van der Waals surface area contributed by atoms with E-state index in [1.54, 1.807) is 17.7 Å². The second-order valence-corrected chi connectivity index (χ2v) is 7.21. The number of ether oxygens (including phenoxy) is 1. The van der Waals surface area contributed by atoms with Crippen LogP contribution in [0.3, 0.4) is 0 Å². The van der Waals surface area contributed by atoms with Gasteiger partial charge in [0.15, 0.2) is 0 Å². The zero-order chi connectivity index (χ0) is 16.4. The number of aryl methyl sites for hydroxylation is 1. The molecular formula is C19H21N3OS. The number of hydrogen-bond acceptors (Lipinski definition) is 5. The Kier molecular flexibility index (Phi) is 4.45. The van der Waals surface area contributed by atoms with Crippen LogP contribution in [0.1, 0.15) is 36.2 Å². The second-order valence-electron chi connectivity index (χ2n) is 6.09. The minimum Gasteiger partial charge on any atom is -0.376 e. The van der Waals surface area contributed by atoms with E-state index >= 15 is 0 Å². The minimum atomic E-state index is 0.108. The van der Waals surface area contributed by atoms with Crippen LogP contribution in [-0.2, 0) is 11.2 Å². The smallest absolute Gasteiger partial charge is 0.138 e. The fourth-order valence-corrected chi connectivity index (χ4v) is 4.19. The van der Waals surface area contributed by atoms with E-state index in [2.05, 4.69) is 52.5 Å². The van der Waals surface area contributed by atoms with Crippen LogP contribution in [0.2, 0.25) is 0 Å². The first-order chi connectivity index (χ1) is 11.8. The predicted molar refractivity (Wildman–Crippen MR) is 98.6 cm³/mol. The molecule has 5 heteroatoms. The van der Waals surface area contributed by atoms with Gasteiger partial charge in [-0.25, -0.2) is 9.97 Å². The maximum atomic E-state index is 5.98. The summed E-state index contributed by atoms with van der Waals surface area (Å²) in [7, 11) is 0. The molecule has 4 nitrogen and oxygen atoms in total. The summed E-state index contributed by atoms with van der Waals surface area (Å²) in [6.45, 7) is 3.01. The van der Waals surface area contributed by atoms with Crippen LogP contribution in [0.25, 0.3) is 10.2 Å². The van der Waals surface area contributed by atoms with Gasteiger partial charge in [-0.3, -0.25) is 0 Å². The SMILES string of the molecule is CCc1cc2c(N[C@@H](c3ccccc3)[C@H]3CCCO3)ncnc2s1. The molecule has 0 bridgehead atoms. The van der Waals surface area contributed by atoms with Crippen LogP contribution in [0.5, 0.6) is 0 Å². The number of nitrogens with one attached hydrogen (secondary N) is 1. The molecule has 0 spiro atoms. The lowest BCUT2D eigenvalue weighted by Gasteiger charge is -2.25. The summed E-state index contributed by atoms with van der Waals surface area (Å²) in [6.07, 6.45) is 5.05. The van der Waals surface area contributed by atoms with Crippen LogP contribution < -0.4 is 5.32 Å². The van der Waals surface area contributed by atoms with E-state index in [1.807, 2.05) is 6.07 Å². The Labute approximate surface area is 145 Å². The van der Waals surface area contributed by atoms with E-state index in [0.717, 1.165) is 41.9 Å². The molecule has 0 unspecified atom stereocenters. The lowest BCUT2D eigenvalue weighted by atomic mass is 9.99. The molecule has 0 amide bonds. The molecule has 0 saturated carbocycles. The van der Waals surface area contributed by atoms with E-state index in [1.165, 1.54) is 10.4 Å². The molecule has 1 aliphatic rings. The molecule has 4 rings (SSSR count). The van der Waals surface area contributed by atoms with Gasteiger partial charge in [-0.05, 0) is 30.9 Å². The topological polar surface area (TPSA) is 47.0 Å². The first-order valence-electron chi connectivity index (χ1n) is 8.51. The monoisotopic (exact) mass is 339 g/mol. The summed E-state index contributed by atoms with van der Waals surface area (Å²) in [5.74, 6) is 0.903. The first kappa shape index (κ1) is 15.5. The molecule has 124 valence electrons. The highest BCUT2D eigenvalue weighted by molar-refractivity contribution is 7.18. The zero-order valence-corrected chi connectivity index (χ0v) is 14.6. The molecule has 1 saturated heterocycles. The Balaban J connectivity index is 1.71. The zero-order valence-electron chi connectivity index (χ0n) is 13.7. The van der Waals surface area contributed by atoms with Crippen molar-refractivity contribution in [1.29, 1.82) is 0 Å². The molecular weight excluding hydrogens is 318 g/mol. The fraction of sp³-hybridized carbons (Fsp3) is 0.368. The molecule has 3 aromatic rings. The largest absolute Gasteiger partial charge is 0.376 e. The van der Waals surface area contributed by atoms with E-state index in [4.69, 9.17) is 4.74 Å². The number of thiophene rings is 1. The van der Waals surface area contributed by atoms with Gasteiger partial charge in [0.1, 0.15) is 17.0 Å². The lowest BCUT2D eigenvalue weighted by molar-refractivity contribution is 0.0953. The fourth-order valence-electron chi connectivity index (χ4n) is 3.26. The number of hydrogen-bond donors (Lipinski definition) is 1. The highest BCUT2D eigenvalue weighted by atomic mass is 32.1. The lowest BCUT2D eigenvalue weighted by Crippen LogP contribution is -2.25. The number of fused-ring (bicyclic) bond motifs is 1. The van der Waals surface area contributed by atoms with Crippen molar-refractivity contribution in [2.24, 2.45) is 0 Å². The van der Waals surface area contributed by atoms with Gasteiger partial charge in [0.25, 0.3) is 0 Å². The average molecular weight is 339 g/mol. The maximum absolute atomic E-state index is 5.98. The standard InChI is InChI=1S/C19H21N3OS/c1-2-14-11-15-18(20-12-21-19(15)24-14)22-17(16-9-6-10-23-16)13-7-4-3-5-8-13/h3-5,7-8,11-12,16-17H,2,6,9-10H2,1H3,(H,20,21,22)/t16-,17+/m1/s1. The van der Waals surface area contributed by atoms with Gasteiger partial charge in [0.05, 0.1) is 17.5 Å². The Morgan fingerprint density at radius 2 is 2.17 bits per heavy atom. The second kappa shape index (κ2) is 6.87. The molecule has 1 N–H and O–H groups in total. The highest BCUT2D eigenvalue weighted by Crippen LogP contribution is 2.34. The number of benzene rings is 1. The predicted octanol–water partition coefficient (Wildman–Crippen LogP) is 4.59. The van der Waals surface area contributed by atoms with Gasteiger partial charge in [-0.2, -0.15) is 0 Å². The van der Waals surface area contributed by atoms with Crippen molar-refractivity contribution in [2.75, 3.05) is 11.9 Å². The van der Waals surface area contributed by atoms with Crippen molar-refractivity contribution < 1.29 is 4.74 Å². The third kappa shape index (κ3) is 3.01. The minimum absolute atomic E-state index is 0.108. The Morgan fingerprint density at radius 3 is 2.92 bits per heavy atom. The summed E-state index contributed by atoms with van der Waals surface area (Å²) in [5.41, 5.74) is 1.24. The van der Waals surface area contributed by atoms with Crippen LogP contribution in [0.4, 0.5) is 5.82 Å². The molecule has 2 atom stereocenters. The quantitative estimate of drug-likeness (QED) is 0.739. The Hall–Kier alpha value is -1.98. The molecule has 0 radical (unpaired) electrons. The third-order valence-electron chi connectivity index (χ3n) is 4.52. The van der Waals surface area contributed by atoms with Gasteiger partial charge < -0.3 is 10.1 Å². The summed E-state index contributed by atoms with van der Waals surface area (Å²) in [6, 6.07) is 12.8. The van der Waals surface area contributed by atoms with Gasteiger partial charge in [-0.1, -0.05) is 37.3 Å². The van der Waals surface area contributed by atoms with Gasteiger partial charge >= 0.3 is 0 Å². The van der Waals surface area contributed by atoms with Crippen LogP contribution >= 0.6 is 11.3 Å². The van der Waals surface area contributed by atoms with E-state index in [-0.39, 0.29) is 12.1 Å². The maximum Gasteiger partial charge on any atom is 0.138 e. The van der Waals surface area contributed by atoms with Crippen molar-refractivity contribution >= 4 is 27.4 Å². The molecule has 0 aliphatic carbocycles.